The summed E-state index contributed by atoms with van der Waals surface area (Å²) in [5.74, 6) is -0.668. The zero-order valence-electron chi connectivity index (χ0n) is 15.0. The minimum absolute atomic E-state index is 0.0124. The number of hydrogen-bond donors (Lipinski definition) is 3. The summed E-state index contributed by atoms with van der Waals surface area (Å²) in [4.78, 5) is 23.4. The first-order valence-electron chi connectivity index (χ1n) is 8.65. The highest BCUT2D eigenvalue weighted by Crippen LogP contribution is 2.52. The molecule has 0 aromatic heterocycles. The van der Waals surface area contributed by atoms with Gasteiger partial charge in [0, 0.05) is 32.2 Å². The molecule has 2 rings (SSSR count). The molecule has 3 unspecified atom stereocenters. The molecule has 1 saturated carbocycles. The smallest absolute Gasteiger partial charge is 0.315 e. The van der Waals surface area contributed by atoms with E-state index in [0.29, 0.717) is 26.2 Å². The zero-order valence-corrected chi connectivity index (χ0v) is 15.0. The first-order chi connectivity index (χ1) is 11.3. The van der Waals surface area contributed by atoms with Gasteiger partial charge in [-0.15, -0.1) is 0 Å². The van der Waals surface area contributed by atoms with Gasteiger partial charge in [0.15, 0.2) is 0 Å². The van der Waals surface area contributed by atoms with Crippen LogP contribution in [0.25, 0.3) is 0 Å². The topological polar surface area (TPSA) is 96.9 Å². The molecule has 1 saturated heterocycles. The number of carboxylic acids is 1. The van der Waals surface area contributed by atoms with Crippen molar-refractivity contribution in [3.8, 4) is 0 Å². The Morgan fingerprint density at radius 3 is 2.71 bits per heavy atom. The maximum atomic E-state index is 12.2. The number of nitrogens with one attached hydrogen (secondary N) is 2. The molecule has 1 heterocycles. The molecule has 138 valence electrons. The fourth-order valence-electron chi connectivity index (χ4n) is 4.06. The van der Waals surface area contributed by atoms with Gasteiger partial charge in [-0.3, -0.25) is 4.79 Å². The van der Waals surface area contributed by atoms with Crippen LogP contribution < -0.4 is 10.6 Å². The molecule has 0 radical (unpaired) electrons. The van der Waals surface area contributed by atoms with Gasteiger partial charge in [-0.05, 0) is 31.1 Å². The van der Waals surface area contributed by atoms with Crippen LogP contribution in [-0.2, 0) is 14.3 Å². The maximum absolute atomic E-state index is 12.2. The van der Waals surface area contributed by atoms with Crippen LogP contribution in [0.3, 0.4) is 0 Å². The van der Waals surface area contributed by atoms with E-state index in [4.69, 9.17) is 9.47 Å². The van der Waals surface area contributed by atoms with E-state index < -0.39 is 5.97 Å². The summed E-state index contributed by atoms with van der Waals surface area (Å²) in [6.45, 7) is 7.66. The van der Waals surface area contributed by atoms with E-state index in [9.17, 15) is 14.7 Å². The summed E-state index contributed by atoms with van der Waals surface area (Å²) >= 11 is 0. The second-order valence-corrected chi connectivity index (χ2v) is 7.60. The van der Waals surface area contributed by atoms with Crippen LogP contribution >= 0.6 is 0 Å². The predicted molar refractivity (Wildman–Crippen MR) is 88.7 cm³/mol. The van der Waals surface area contributed by atoms with Crippen LogP contribution in [-0.4, -0.2) is 56.1 Å². The molecule has 0 bridgehead atoms. The molecule has 3 N–H and O–H groups in total. The van der Waals surface area contributed by atoms with E-state index in [-0.39, 0.29) is 41.3 Å². The number of aliphatic carboxylic acids is 1. The summed E-state index contributed by atoms with van der Waals surface area (Å²) in [5.41, 5.74) is -0.305. The quantitative estimate of drug-likeness (QED) is 0.679. The molecular formula is C17H30N2O5. The summed E-state index contributed by atoms with van der Waals surface area (Å²) < 4.78 is 10.8. The van der Waals surface area contributed by atoms with Gasteiger partial charge >= 0.3 is 12.0 Å². The average Bonchev–Trinajstić information content (AvgIpc) is 2.51. The zero-order chi connectivity index (χ0) is 17.9. The molecule has 1 aliphatic carbocycles. The number of hydrogen-bond acceptors (Lipinski definition) is 4. The number of ether oxygens (including phenoxy) is 2. The Kier molecular flexibility index (Phi) is 6.09. The standard InChI is InChI=1S/C17H30N2O5/c1-10(12-7-13(15(20)21)17(12,2)3)19-16(22)18-8-11-5-6-24-9-14(11)23-4/h10-14H,5-9H2,1-4H3,(H,20,21)(H2,18,19,22)/t10?,11?,12-,13+,14?/m0/s1. The monoisotopic (exact) mass is 342 g/mol. The molecule has 0 aromatic rings. The molecular weight excluding hydrogens is 312 g/mol. The Bertz CT molecular complexity index is 468. The van der Waals surface area contributed by atoms with Crippen molar-refractivity contribution in [2.24, 2.45) is 23.2 Å². The highest BCUT2D eigenvalue weighted by molar-refractivity contribution is 5.75. The van der Waals surface area contributed by atoms with Crippen molar-refractivity contribution in [2.45, 2.75) is 45.8 Å². The maximum Gasteiger partial charge on any atom is 0.315 e. The molecule has 7 heteroatoms. The van der Waals surface area contributed by atoms with Gasteiger partial charge in [0.2, 0.25) is 0 Å². The Hall–Kier alpha value is -1.34. The van der Waals surface area contributed by atoms with E-state index in [2.05, 4.69) is 10.6 Å². The highest BCUT2D eigenvalue weighted by Gasteiger charge is 2.53. The van der Waals surface area contributed by atoms with Gasteiger partial charge in [-0.2, -0.15) is 0 Å². The van der Waals surface area contributed by atoms with Crippen LogP contribution in [0.4, 0.5) is 4.79 Å². The van der Waals surface area contributed by atoms with E-state index in [1.807, 2.05) is 20.8 Å². The number of urea groups is 1. The van der Waals surface area contributed by atoms with Crippen LogP contribution in [0, 0.1) is 23.2 Å². The van der Waals surface area contributed by atoms with Crippen molar-refractivity contribution in [1.82, 2.24) is 10.6 Å². The van der Waals surface area contributed by atoms with E-state index in [1.54, 1.807) is 7.11 Å². The number of rotatable bonds is 6. The van der Waals surface area contributed by atoms with Gasteiger partial charge in [0.1, 0.15) is 0 Å². The first-order valence-corrected chi connectivity index (χ1v) is 8.65. The number of carbonyl (C=O) groups is 2. The molecule has 2 amide bonds. The fourth-order valence-corrected chi connectivity index (χ4v) is 4.06. The first kappa shape index (κ1) is 19.0. The molecule has 0 aromatic carbocycles. The van der Waals surface area contributed by atoms with Crippen molar-refractivity contribution in [3.05, 3.63) is 0 Å². The van der Waals surface area contributed by atoms with E-state index in [0.717, 1.165) is 6.42 Å². The van der Waals surface area contributed by atoms with Crippen LogP contribution in [0.1, 0.15) is 33.6 Å². The van der Waals surface area contributed by atoms with Crippen molar-refractivity contribution in [2.75, 3.05) is 26.9 Å². The Morgan fingerprint density at radius 2 is 2.12 bits per heavy atom. The van der Waals surface area contributed by atoms with Crippen LogP contribution in [0.5, 0.6) is 0 Å². The molecule has 24 heavy (non-hydrogen) atoms. The van der Waals surface area contributed by atoms with Crippen molar-refractivity contribution >= 4 is 12.0 Å². The van der Waals surface area contributed by atoms with E-state index in [1.165, 1.54) is 0 Å². The number of amides is 2. The molecule has 2 aliphatic rings. The third kappa shape index (κ3) is 4.00. The Labute approximate surface area is 143 Å². The molecule has 1 aliphatic heterocycles. The van der Waals surface area contributed by atoms with Crippen LogP contribution in [0.15, 0.2) is 0 Å². The average molecular weight is 342 g/mol. The second-order valence-electron chi connectivity index (χ2n) is 7.60. The largest absolute Gasteiger partial charge is 0.481 e. The molecule has 0 spiro atoms. The Balaban J connectivity index is 1.77. The summed E-state index contributed by atoms with van der Waals surface area (Å²) in [6.07, 6.45) is 1.48. The van der Waals surface area contributed by atoms with Crippen molar-refractivity contribution < 1.29 is 24.2 Å². The lowest BCUT2D eigenvalue weighted by molar-refractivity contribution is -0.160. The second kappa shape index (κ2) is 7.70. The van der Waals surface area contributed by atoms with E-state index >= 15 is 0 Å². The van der Waals surface area contributed by atoms with Crippen molar-refractivity contribution in [3.63, 3.8) is 0 Å². The summed E-state index contributed by atoms with van der Waals surface area (Å²) in [7, 11) is 1.66. The third-order valence-electron chi connectivity index (χ3n) is 5.87. The van der Waals surface area contributed by atoms with Gasteiger partial charge < -0.3 is 25.2 Å². The van der Waals surface area contributed by atoms with Gasteiger partial charge in [-0.1, -0.05) is 13.8 Å². The minimum atomic E-state index is -0.752. The van der Waals surface area contributed by atoms with Gasteiger partial charge in [-0.25, -0.2) is 4.79 Å². The minimum Gasteiger partial charge on any atom is -0.481 e. The lowest BCUT2D eigenvalue weighted by Gasteiger charge is -2.52. The summed E-state index contributed by atoms with van der Waals surface area (Å²) in [6, 6.07) is -0.276. The Morgan fingerprint density at radius 1 is 1.42 bits per heavy atom. The number of carbonyl (C=O) groups excluding carboxylic acids is 1. The number of carboxylic acid groups (broad SMARTS) is 1. The predicted octanol–water partition coefficient (Wildman–Crippen LogP) is 1.47. The molecule has 5 atom stereocenters. The normalized spacial score (nSPS) is 33.2. The fraction of sp³-hybridized carbons (Fsp3) is 0.882. The number of methoxy groups -OCH3 is 1. The molecule has 7 nitrogen and oxygen atoms in total. The van der Waals surface area contributed by atoms with Crippen LogP contribution in [0.2, 0.25) is 0 Å². The lowest BCUT2D eigenvalue weighted by Crippen LogP contribution is -2.58. The van der Waals surface area contributed by atoms with Crippen molar-refractivity contribution in [1.29, 1.82) is 0 Å². The highest BCUT2D eigenvalue weighted by atomic mass is 16.5. The molecule has 2 fully saturated rings. The third-order valence-corrected chi connectivity index (χ3v) is 5.87. The van der Waals surface area contributed by atoms with Gasteiger partial charge in [0.25, 0.3) is 0 Å². The van der Waals surface area contributed by atoms with Gasteiger partial charge in [0.05, 0.1) is 18.6 Å². The lowest BCUT2D eigenvalue weighted by atomic mass is 9.53. The SMILES string of the molecule is COC1COCCC1CNC(=O)NC(C)[C@@H]1C[C@H](C(=O)O)C1(C)C. The summed E-state index contributed by atoms with van der Waals surface area (Å²) in [5, 5.41) is 15.1.